The van der Waals surface area contributed by atoms with Crippen LogP contribution in [-0.2, 0) is 19.1 Å². The molecule has 0 unspecified atom stereocenters. The zero-order valence-electron chi connectivity index (χ0n) is 17.3. The van der Waals surface area contributed by atoms with Gasteiger partial charge in [-0.15, -0.1) is 11.3 Å². The summed E-state index contributed by atoms with van der Waals surface area (Å²) in [7, 11) is 1.53. The van der Waals surface area contributed by atoms with Crippen LogP contribution in [0.5, 0.6) is 5.75 Å². The molecule has 0 radical (unpaired) electrons. The normalized spacial score (nSPS) is 28.0. The average molecular weight is 429 g/mol. The number of nitrogens with zero attached hydrogens (tertiary/aromatic N) is 1. The molecule has 4 atom stereocenters. The van der Waals surface area contributed by atoms with E-state index in [1.54, 1.807) is 38.1 Å². The van der Waals surface area contributed by atoms with E-state index in [-0.39, 0.29) is 12.5 Å². The van der Waals surface area contributed by atoms with Crippen molar-refractivity contribution in [3.05, 3.63) is 46.2 Å². The molecule has 2 amide bonds. The number of imide groups is 1. The van der Waals surface area contributed by atoms with Crippen molar-refractivity contribution in [2.24, 2.45) is 11.8 Å². The van der Waals surface area contributed by atoms with Crippen molar-refractivity contribution in [3.8, 4) is 5.75 Å². The first kappa shape index (κ1) is 20.6. The van der Waals surface area contributed by atoms with Crippen molar-refractivity contribution < 1.29 is 23.9 Å². The van der Waals surface area contributed by atoms with E-state index in [0.29, 0.717) is 11.4 Å². The Morgan fingerprint density at radius 3 is 2.67 bits per heavy atom. The van der Waals surface area contributed by atoms with Gasteiger partial charge in [0.2, 0.25) is 11.8 Å². The van der Waals surface area contributed by atoms with Crippen molar-refractivity contribution in [3.63, 3.8) is 0 Å². The van der Waals surface area contributed by atoms with Crippen LogP contribution in [0.3, 0.4) is 0 Å². The van der Waals surface area contributed by atoms with E-state index in [4.69, 9.17) is 9.47 Å². The van der Waals surface area contributed by atoms with Gasteiger partial charge in [0.1, 0.15) is 11.3 Å². The first-order valence-electron chi connectivity index (χ1n) is 9.84. The molecule has 1 N–H and O–H groups in total. The molecule has 30 heavy (non-hydrogen) atoms. The lowest BCUT2D eigenvalue weighted by Gasteiger charge is -2.29. The van der Waals surface area contributed by atoms with Gasteiger partial charge in [-0.3, -0.25) is 19.7 Å². The van der Waals surface area contributed by atoms with Crippen LogP contribution in [0.2, 0.25) is 0 Å². The van der Waals surface area contributed by atoms with E-state index >= 15 is 0 Å². The fourth-order valence-corrected chi connectivity index (χ4v) is 5.56. The van der Waals surface area contributed by atoms with E-state index in [1.807, 2.05) is 18.4 Å². The van der Waals surface area contributed by atoms with Crippen molar-refractivity contribution in [2.75, 3.05) is 18.6 Å². The molecule has 1 aromatic heterocycles. The van der Waals surface area contributed by atoms with Crippen molar-refractivity contribution in [1.29, 1.82) is 0 Å². The van der Waals surface area contributed by atoms with Crippen LogP contribution in [0, 0.1) is 18.8 Å². The van der Waals surface area contributed by atoms with E-state index < -0.39 is 35.3 Å². The number of ether oxygens (including phenoxy) is 2. The molecular formula is C22H24N2O5S. The Kier molecular flexibility index (Phi) is 5.15. The third-order valence-electron chi connectivity index (χ3n) is 5.98. The second-order valence-electron chi connectivity index (χ2n) is 7.73. The molecule has 0 spiro atoms. The molecule has 4 rings (SSSR count). The van der Waals surface area contributed by atoms with Gasteiger partial charge in [-0.05, 0) is 49.9 Å². The van der Waals surface area contributed by atoms with E-state index in [0.717, 1.165) is 10.4 Å². The zero-order chi connectivity index (χ0) is 21.6. The number of methoxy groups -OCH3 is 1. The fraction of sp³-hybridized carbons (Fsp3) is 0.409. The average Bonchev–Trinajstić information content (AvgIpc) is 3.36. The molecule has 2 saturated heterocycles. The molecule has 2 aliphatic rings. The number of anilines is 1. The van der Waals surface area contributed by atoms with Gasteiger partial charge in [0, 0.05) is 10.9 Å². The molecule has 1 aromatic carbocycles. The van der Waals surface area contributed by atoms with Gasteiger partial charge in [0.25, 0.3) is 0 Å². The Morgan fingerprint density at radius 2 is 2.03 bits per heavy atom. The number of benzene rings is 1. The van der Waals surface area contributed by atoms with Gasteiger partial charge >= 0.3 is 5.97 Å². The van der Waals surface area contributed by atoms with Crippen molar-refractivity contribution in [2.45, 2.75) is 32.4 Å². The molecular weight excluding hydrogens is 404 g/mol. The molecule has 0 bridgehead atoms. The van der Waals surface area contributed by atoms with Crippen molar-refractivity contribution in [1.82, 2.24) is 5.32 Å². The summed E-state index contributed by atoms with van der Waals surface area (Å²) >= 11 is 1.51. The van der Waals surface area contributed by atoms with Crippen LogP contribution in [0.25, 0.3) is 0 Å². The lowest BCUT2D eigenvalue weighted by Crippen LogP contribution is -2.54. The molecule has 2 fully saturated rings. The molecule has 3 heterocycles. The summed E-state index contributed by atoms with van der Waals surface area (Å²) in [5.74, 6) is -2.26. The van der Waals surface area contributed by atoms with Gasteiger partial charge < -0.3 is 9.47 Å². The molecule has 8 heteroatoms. The first-order valence-corrected chi connectivity index (χ1v) is 10.7. The minimum atomic E-state index is -1.30. The highest BCUT2D eigenvalue weighted by Gasteiger charge is 2.67. The number of fused-ring (bicyclic) bond motifs is 1. The number of thiophene rings is 1. The monoisotopic (exact) mass is 428 g/mol. The minimum Gasteiger partial charge on any atom is -0.497 e. The Morgan fingerprint density at radius 1 is 1.27 bits per heavy atom. The van der Waals surface area contributed by atoms with Crippen LogP contribution in [-0.4, -0.2) is 37.0 Å². The number of carbonyl (C=O) groups is 3. The largest absolute Gasteiger partial charge is 0.497 e. The number of aryl methyl sites for hydroxylation is 1. The van der Waals surface area contributed by atoms with Gasteiger partial charge in [-0.25, -0.2) is 4.90 Å². The maximum atomic E-state index is 13.6. The predicted octanol–water partition coefficient (Wildman–Crippen LogP) is 2.84. The Bertz CT molecular complexity index is 1020. The first-order chi connectivity index (χ1) is 14.3. The summed E-state index contributed by atoms with van der Waals surface area (Å²) in [4.78, 5) is 42.2. The molecule has 2 aromatic rings. The van der Waals surface area contributed by atoms with E-state index in [1.165, 1.54) is 23.3 Å². The number of nitrogens with one attached hydrogen (secondary N) is 1. The van der Waals surface area contributed by atoms with Gasteiger partial charge in [0.15, 0.2) is 0 Å². The van der Waals surface area contributed by atoms with Crippen LogP contribution in [0.4, 0.5) is 5.69 Å². The van der Waals surface area contributed by atoms with E-state index in [2.05, 4.69) is 5.32 Å². The highest BCUT2D eigenvalue weighted by atomic mass is 32.1. The molecule has 158 valence electrons. The van der Waals surface area contributed by atoms with Gasteiger partial charge in [-0.2, -0.15) is 0 Å². The summed E-state index contributed by atoms with van der Waals surface area (Å²) in [5, 5.41) is 5.24. The lowest BCUT2D eigenvalue weighted by molar-refractivity contribution is -0.153. The Hall–Kier alpha value is -2.71. The summed E-state index contributed by atoms with van der Waals surface area (Å²) in [6.45, 7) is 5.53. The molecule has 0 aliphatic carbocycles. The number of rotatable bonds is 5. The lowest BCUT2D eigenvalue weighted by atomic mass is 9.81. The van der Waals surface area contributed by atoms with Crippen molar-refractivity contribution >= 4 is 34.8 Å². The second kappa shape index (κ2) is 7.52. The van der Waals surface area contributed by atoms with Crippen LogP contribution >= 0.6 is 11.3 Å². The van der Waals surface area contributed by atoms with E-state index in [9.17, 15) is 14.4 Å². The van der Waals surface area contributed by atoms with Crippen LogP contribution in [0.1, 0.15) is 30.3 Å². The number of hydrogen-bond acceptors (Lipinski definition) is 7. The predicted molar refractivity (Wildman–Crippen MR) is 112 cm³/mol. The zero-order valence-corrected chi connectivity index (χ0v) is 18.1. The fourth-order valence-electron chi connectivity index (χ4n) is 4.54. The van der Waals surface area contributed by atoms with Crippen LogP contribution < -0.4 is 15.0 Å². The molecule has 0 saturated carbocycles. The smallest absolute Gasteiger partial charge is 0.326 e. The summed E-state index contributed by atoms with van der Waals surface area (Å²) in [5.41, 5.74) is 0.151. The quantitative estimate of drug-likeness (QED) is 0.582. The standard InChI is InChI=1S/C22H24N2O5S/c1-5-29-21(27)22(3)16-15(17(23-22)18-12(2)9-10-30-18)19(25)24(20(16)26)13-7-6-8-14(11-13)28-4/h6-11,15-17,23H,5H2,1-4H3/t15-,16+,17+,22-/m0/s1. The number of carbonyl (C=O) groups excluding carboxylic acids is 3. The second-order valence-corrected chi connectivity index (χ2v) is 8.68. The third kappa shape index (κ3) is 2.94. The SMILES string of the molecule is CCOC(=O)[C@@]1(C)N[C@@H](c2sccc2C)[C@H]2C(=O)N(c3cccc(OC)c3)C(=O)[C@@H]21. The third-order valence-corrected chi connectivity index (χ3v) is 7.08. The Balaban J connectivity index is 1.82. The van der Waals surface area contributed by atoms with Gasteiger partial charge in [-0.1, -0.05) is 6.07 Å². The maximum absolute atomic E-state index is 13.6. The number of amides is 2. The molecule has 2 aliphatic heterocycles. The highest BCUT2D eigenvalue weighted by molar-refractivity contribution is 7.10. The number of hydrogen-bond donors (Lipinski definition) is 1. The molecule has 7 nitrogen and oxygen atoms in total. The van der Waals surface area contributed by atoms with Gasteiger partial charge in [0.05, 0.1) is 37.3 Å². The maximum Gasteiger partial charge on any atom is 0.326 e. The summed E-state index contributed by atoms with van der Waals surface area (Å²) in [6, 6.07) is 8.34. The minimum absolute atomic E-state index is 0.192. The number of esters is 1. The summed E-state index contributed by atoms with van der Waals surface area (Å²) in [6.07, 6.45) is 0. The highest BCUT2D eigenvalue weighted by Crippen LogP contribution is 2.51. The Labute approximate surface area is 179 Å². The topological polar surface area (TPSA) is 84.9 Å². The summed E-state index contributed by atoms with van der Waals surface area (Å²) < 4.78 is 10.5. The van der Waals surface area contributed by atoms with Crippen LogP contribution in [0.15, 0.2) is 35.7 Å².